The van der Waals surface area contributed by atoms with Gasteiger partial charge in [-0.3, -0.25) is 0 Å². The van der Waals surface area contributed by atoms with Gasteiger partial charge < -0.3 is 10.6 Å². The maximum atomic E-state index is 5.95. The van der Waals surface area contributed by atoms with E-state index in [1.165, 1.54) is 10.4 Å². The fourth-order valence-electron chi connectivity index (χ4n) is 2.18. The van der Waals surface area contributed by atoms with Crippen molar-refractivity contribution in [3.8, 4) is 0 Å². The molecule has 0 aliphatic heterocycles. The number of rotatable bonds is 6. The summed E-state index contributed by atoms with van der Waals surface area (Å²) in [7, 11) is 2.12. The molecule has 1 aromatic carbocycles. The van der Waals surface area contributed by atoms with E-state index in [4.69, 9.17) is 17.3 Å². The molecular formula is C15H19ClN2S. The Hall–Kier alpha value is -0.870. The van der Waals surface area contributed by atoms with Crippen molar-refractivity contribution in [2.24, 2.45) is 5.73 Å². The van der Waals surface area contributed by atoms with E-state index in [9.17, 15) is 0 Å². The summed E-state index contributed by atoms with van der Waals surface area (Å²) >= 11 is 7.59. The first-order valence-electron chi connectivity index (χ1n) is 6.37. The van der Waals surface area contributed by atoms with Crippen LogP contribution in [0.5, 0.6) is 0 Å². The Morgan fingerprint density at radius 2 is 1.95 bits per heavy atom. The smallest absolute Gasteiger partial charge is 0.0931 e. The van der Waals surface area contributed by atoms with E-state index >= 15 is 0 Å². The van der Waals surface area contributed by atoms with Crippen LogP contribution in [0, 0.1) is 0 Å². The maximum absolute atomic E-state index is 5.95. The molecule has 1 heterocycles. The van der Waals surface area contributed by atoms with Crippen molar-refractivity contribution in [3.05, 3.63) is 57.2 Å². The summed E-state index contributed by atoms with van der Waals surface area (Å²) in [6.07, 6.45) is 0. The third-order valence-electron chi connectivity index (χ3n) is 3.14. The van der Waals surface area contributed by atoms with Gasteiger partial charge in [0.2, 0.25) is 0 Å². The minimum absolute atomic E-state index is 0.377. The number of nitrogens with zero attached hydrogens (tertiary/aromatic N) is 1. The lowest BCUT2D eigenvalue weighted by atomic mass is 9.99. The van der Waals surface area contributed by atoms with Crippen LogP contribution in [0.4, 0.5) is 0 Å². The number of hydrogen-bond acceptors (Lipinski definition) is 3. The maximum Gasteiger partial charge on any atom is 0.0931 e. The van der Waals surface area contributed by atoms with Crippen LogP contribution < -0.4 is 5.73 Å². The van der Waals surface area contributed by atoms with Crippen molar-refractivity contribution in [1.82, 2.24) is 4.90 Å². The fourth-order valence-corrected chi connectivity index (χ4v) is 3.35. The monoisotopic (exact) mass is 294 g/mol. The highest BCUT2D eigenvalue weighted by molar-refractivity contribution is 7.16. The minimum Gasteiger partial charge on any atom is -0.330 e. The first-order valence-corrected chi connectivity index (χ1v) is 7.56. The highest BCUT2D eigenvalue weighted by atomic mass is 35.5. The van der Waals surface area contributed by atoms with Gasteiger partial charge in [0.05, 0.1) is 4.34 Å². The van der Waals surface area contributed by atoms with Gasteiger partial charge >= 0.3 is 0 Å². The lowest BCUT2D eigenvalue weighted by Crippen LogP contribution is -2.28. The number of nitrogens with two attached hydrogens (primary N) is 1. The third-order valence-corrected chi connectivity index (χ3v) is 4.36. The molecule has 0 bridgehead atoms. The van der Waals surface area contributed by atoms with Crippen LogP contribution >= 0.6 is 22.9 Å². The number of likely N-dealkylation sites (N-methyl/N-ethyl adjacent to an activating group) is 1. The standard InChI is InChI=1S/C15H19ClN2S/c1-18(11-14-7-8-15(16)19-14)10-13(9-17)12-5-3-2-4-6-12/h2-8,13H,9-11,17H2,1H3. The average Bonchev–Trinajstić information content (AvgIpc) is 2.82. The molecule has 0 saturated carbocycles. The number of benzene rings is 1. The number of hydrogen-bond donors (Lipinski definition) is 1. The van der Waals surface area contributed by atoms with Crippen molar-refractivity contribution in [3.63, 3.8) is 0 Å². The van der Waals surface area contributed by atoms with Crippen molar-refractivity contribution < 1.29 is 0 Å². The molecule has 2 aromatic rings. The predicted molar refractivity (Wildman–Crippen MR) is 83.9 cm³/mol. The van der Waals surface area contributed by atoms with E-state index in [0.29, 0.717) is 12.5 Å². The summed E-state index contributed by atoms with van der Waals surface area (Å²) in [4.78, 5) is 3.59. The number of halogens is 1. The molecule has 102 valence electrons. The second-order valence-corrected chi connectivity index (χ2v) is 6.55. The van der Waals surface area contributed by atoms with Gasteiger partial charge in [-0.25, -0.2) is 0 Å². The molecule has 4 heteroatoms. The van der Waals surface area contributed by atoms with Crippen molar-refractivity contribution in [2.45, 2.75) is 12.5 Å². The second-order valence-electron chi connectivity index (χ2n) is 4.75. The van der Waals surface area contributed by atoms with E-state index in [-0.39, 0.29) is 0 Å². The number of thiophene rings is 1. The molecule has 19 heavy (non-hydrogen) atoms. The summed E-state index contributed by atoms with van der Waals surface area (Å²) in [6.45, 7) is 2.54. The van der Waals surface area contributed by atoms with Crippen LogP contribution in [0.2, 0.25) is 4.34 Å². The van der Waals surface area contributed by atoms with Crippen molar-refractivity contribution in [2.75, 3.05) is 20.1 Å². The zero-order valence-electron chi connectivity index (χ0n) is 11.1. The molecule has 0 fully saturated rings. The summed E-state index contributed by atoms with van der Waals surface area (Å²) < 4.78 is 0.849. The molecule has 2 rings (SSSR count). The van der Waals surface area contributed by atoms with Gasteiger partial charge in [-0.1, -0.05) is 41.9 Å². The first kappa shape index (κ1) is 14.5. The third kappa shape index (κ3) is 4.32. The Labute approximate surface area is 123 Å². The van der Waals surface area contributed by atoms with Gasteiger partial charge in [0, 0.05) is 30.4 Å². The van der Waals surface area contributed by atoms with Crippen LogP contribution in [-0.2, 0) is 6.54 Å². The lowest BCUT2D eigenvalue weighted by Gasteiger charge is -2.23. The highest BCUT2D eigenvalue weighted by Crippen LogP contribution is 2.23. The van der Waals surface area contributed by atoms with Gasteiger partial charge in [-0.15, -0.1) is 11.3 Å². The Bertz CT molecular complexity index is 498. The largest absolute Gasteiger partial charge is 0.330 e. The quantitative estimate of drug-likeness (QED) is 0.882. The van der Waals surface area contributed by atoms with E-state index in [1.54, 1.807) is 11.3 Å². The van der Waals surface area contributed by atoms with Crippen LogP contribution in [0.15, 0.2) is 42.5 Å². The van der Waals surface area contributed by atoms with Gasteiger partial charge in [0.25, 0.3) is 0 Å². The molecule has 1 aromatic heterocycles. The summed E-state index contributed by atoms with van der Waals surface area (Å²) in [6, 6.07) is 14.5. The summed E-state index contributed by atoms with van der Waals surface area (Å²) in [5.74, 6) is 0.377. The molecule has 1 atom stereocenters. The molecule has 0 spiro atoms. The molecule has 1 unspecified atom stereocenters. The van der Waals surface area contributed by atoms with Gasteiger partial charge in [-0.05, 0) is 24.7 Å². The zero-order chi connectivity index (χ0) is 13.7. The minimum atomic E-state index is 0.377. The topological polar surface area (TPSA) is 29.3 Å². The molecule has 0 saturated heterocycles. The fraction of sp³-hybridized carbons (Fsp3) is 0.333. The zero-order valence-corrected chi connectivity index (χ0v) is 12.6. The van der Waals surface area contributed by atoms with Gasteiger partial charge in [0.1, 0.15) is 0 Å². The van der Waals surface area contributed by atoms with Crippen molar-refractivity contribution in [1.29, 1.82) is 0 Å². The Balaban J connectivity index is 1.95. The van der Waals surface area contributed by atoms with Crippen LogP contribution in [0.25, 0.3) is 0 Å². The van der Waals surface area contributed by atoms with E-state index in [1.807, 2.05) is 12.1 Å². The Morgan fingerprint density at radius 3 is 2.53 bits per heavy atom. The Morgan fingerprint density at radius 1 is 1.21 bits per heavy atom. The molecule has 0 aliphatic rings. The molecule has 2 N–H and O–H groups in total. The van der Waals surface area contributed by atoms with Crippen LogP contribution in [0.1, 0.15) is 16.4 Å². The van der Waals surface area contributed by atoms with E-state index < -0.39 is 0 Å². The lowest BCUT2D eigenvalue weighted by molar-refractivity contribution is 0.307. The summed E-state index contributed by atoms with van der Waals surface area (Å²) in [5, 5.41) is 0. The first-order chi connectivity index (χ1) is 9.19. The normalized spacial score (nSPS) is 12.8. The van der Waals surface area contributed by atoms with Crippen molar-refractivity contribution >= 4 is 22.9 Å². The molecule has 2 nitrogen and oxygen atoms in total. The van der Waals surface area contributed by atoms with Gasteiger partial charge in [0.15, 0.2) is 0 Å². The predicted octanol–water partition coefficient (Wildman–Crippen LogP) is 3.58. The van der Waals surface area contributed by atoms with Gasteiger partial charge in [-0.2, -0.15) is 0 Å². The van der Waals surface area contributed by atoms with E-state index in [2.05, 4.69) is 42.3 Å². The molecule has 0 radical (unpaired) electrons. The molecule has 0 aliphatic carbocycles. The van der Waals surface area contributed by atoms with Crippen LogP contribution in [0.3, 0.4) is 0 Å². The molecule has 0 amide bonds. The Kier molecular flexibility index (Phi) is 5.40. The van der Waals surface area contributed by atoms with Crippen LogP contribution in [-0.4, -0.2) is 25.0 Å². The highest BCUT2D eigenvalue weighted by Gasteiger charge is 2.13. The SMILES string of the molecule is CN(Cc1ccc(Cl)s1)CC(CN)c1ccccc1. The second kappa shape index (κ2) is 7.06. The average molecular weight is 295 g/mol. The summed E-state index contributed by atoms with van der Waals surface area (Å²) in [5.41, 5.74) is 7.21. The molecular weight excluding hydrogens is 276 g/mol. The van der Waals surface area contributed by atoms with E-state index in [0.717, 1.165) is 17.4 Å².